The molecule has 0 aromatic heterocycles. The summed E-state index contributed by atoms with van der Waals surface area (Å²) in [6.45, 7) is 0.878. The van der Waals surface area contributed by atoms with Gasteiger partial charge in [-0.1, -0.05) is 0 Å². The Morgan fingerprint density at radius 3 is 2.53 bits per heavy atom. The summed E-state index contributed by atoms with van der Waals surface area (Å²) in [6, 6.07) is 4.64. The van der Waals surface area contributed by atoms with Crippen molar-refractivity contribution in [1.29, 1.82) is 0 Å². The van der Waals surface area contributed by atoms with Crippen LogP contribution in [0, 0.1) is 5.82 Å². The highest BCUT2D eigenvalue weighted by Gasteiger charge is 2.36. The molecule has 0 radical (unpaired) electrons. The summed E-state index contributed by atoms with van der Waals surface area (Å²) < 4.78 is 36.7. The van der Waals surface area contributed by atoms with Gasteiger partial charge in [-0.2, -0.15) is 0 Å². The number of halogens is 1. The molecule has 4 nitrogen and oxygen atoms in total. The molecule has 1 unspecified atom stereocenters. The Balaban J connectivity index is 2.22. The zero-order chi connectivity index (χ0) is 12.5. The first-order valence-electron chi connectivity index (χ1n) is 5.33. The minimum Gasteiger partial charge on any atom is -0.387 e. The van der Waals surface area contributed by atoms with Crippen molar-refractivity contribution in [2.75, 3.05) is 18.8 Å². The zero-order valence-corrected chi connectivity index (χ0v) is 10.0. The van der Waals surface area contributed by atoms with E-state index in [1.54, 1.807) is 0 Å². The number of nitrogens with one attached hydrogen (secondary N) is 1. The normalized spacial score (nSPS) is 25.1. The second-order valence-electron chi connectivity index (χ2n) is 4.36. The first kappa shape index (κ1) is 12.5. The summed E-state index contributed by atoms with van der Waals surface area (Å²) in [7, 11) is -3.58. The lowest BCUT2D eigenvalue weighted by atomic mass is 10.1. The number of β-amino-alcohol motifs (C(OH)–C–C–N with tert-alkyl or cyclic N) is 1. The first-order chi connectivity index (χ1) is 7.91. The third kappa shape index (κ3) is 2.83. The highest BCUT2D eigenvalue weighted by atomic mass is 32.2. The van der Waals surface area contributed by atoms with Gasteiger partial charge in [-0.3, -0.25) is 0 Å². The summed E-state index contributed by atoms with van der Waals surface area (Å²) in [6.07, 6.45) is 0.410. The maximum Gasteiger partial charge on any atom is 0.181 e. The lowest BCUT2D eigenvalue weighted by Crippen LogP contribution is -2.39. The number of benzene rings is 1. The van der Waals surface area contributed by atoms with Crippen molar-refractivity contribution in [2.45, 2.75) is 16.9 Å². The van der Waals surface area contributed by atoms with Gasteiger partial charge in [-0.25, -0.2) is 12.8 Å². The maximum atomic E-state index is 12.7. The molecule has 1 heterocycles. The molecule has 6 heteroatoms. The third-order valence-corrected chi connectivity index (χ3v) is 4.76. The van der Waals surface area contributed by atoms with Crippen LogP contribution in [-0.4, -0.2) is 38.0 Å². The quantitative estimate of drug-likeness (QED) is 0.767. The van der Waals surface area contributed by atoms with Crippen LogP contribution < -0.4 is 5.32 Å². The van der Waals surface area contributed by atoms with Crippen molar-refractivity contribution in [3.05, 3.63) is 30.1 Å². The van der Waals surface area contributed by atoms with E-state index < -0.39 is 21.3 Å². The predicted octanol–water partition coefficient (Wildman–Crippen LogP) is 0.324. The molecule has 1 aromatic carbocycles. The first-order valence-corrected chi connectivity index (χ1v) is 6.98. The molecule has 0 aliphatic carbocycles. The van der Waals surface area contributed by atoms with Gasteiger partial charge >= 0.3 is 0 Å². The van der Waals surface area contributed by atoms with Crippen LogP contribution >= 0.6 is 0 Å². The van der Waals surface area contributed by atoms with Crippen LogP contribution in [0.4, 0.5) is 4.39 Å². The van der Waals surface area contributed by atoms with Crippen molar-refractivity contribution in [2.24, 2.45) is 0 Å². The molecular formula is C11H14FNO3S. The van der Waals surface area contributed by atoms with E-state index in [0.717, 1.165) is 12.1 Å². The molecule has 17 heavy (non-hydrogen) atoms. The van der Waals surface area contributed by atoms with Crippen molar-refractivity contribution in [3.8, 4) is 0 Å². The van der Waals surface area contributed by atoms with E-state index in [0.29, 0.717) is 13.0 Å². The molecule has 0 saturated carbocycles. The smallest absolute Gasteiger partial charge is 0.181 e. The molecule has 0 spiro atoms. The number of hydrogen-bond donors (Lipinski definition) is 2. The molecule has 1 aliphatic rings. The molecular weight excluding hydrogens is 245 g/mol. The van der Waals surface area contributed by atoms with Crippen LogP contribution in [0.25, 0.3) is 0 Å². The molecule has 1 fully saturated rings. The van der Waals surface area contributed by atoms with Crippen LogP contribution in [0.2, 0.25) is 0 Å². The Kier molecular flexibility index (Phi) is 3.20. The van der Waals surface area contributed by atoms with E-state index >= 15 is 0 Å². The van der Waals surface area contributed by atoms with Crippen LogP contribution in [0.5, 0.6) is 0 Å². The van der Waals surface area contributed by atoms with Gasteiger partial charge in [0.1, 0.15) is 5.82 Å². The molecule has 1 atom stereocenters. The van der Waals surface area contributed by atoms with Gasteiger partial charge in [0.2, 0.25) is 0 Å². The van der Waals surface area contributed by atoms with E-state index in [9.17, 15) is 17.9 Å². The van der Waals surface area contributed by atoms with E-state index in [-0.39, 0.29) is 17.2 Å². The third-order valence-electron chi connectivity index (χ3n) is 2.85. The number of aliphatic hydroxyl groups is 1. The van der Waals surface area contributed by atoms with Gasteiger partial charge in [-0.15, -0.1) is 0 Å². The van der Waals surface area contributed by atoms with Crippen molar-refractivity contribution >= 4 is 9.84 Å². The van der Waals surface area contributed by atoms with Gasteiger partial charge in [0.15, 0.2) is 9.84 Å². The van der Waals surface area contributed by atoms with E-state index in [2.05, 4.69) is 5.32 Å². The molecule has 1 aromatic rings. The average Bonchev–Trinajstić information content (AvgIpc) is 2.64. The van der Waals surface area contributed by atoms with Gasteiger partial charge in [0.05, 0.1) is 16.2 Å². The monoisotopic (exact) mass is 259 g/mol. The van der Waals surface area contributed by atoms with Gasteiger partial charge in [-0.05, 0) is 37.2 Å². The van der Waals surface area contributed by atoms with E-state index in [1.807, 2.05) is 0 Å². The van der Waals surface area contributed by atoms with Crippen LogP contribution in [-0.2, 0) is 9.84 Å². The maximum absolute atomic E-state index is 12.7. The van der Waals surface area contributed by atoms with Crippen molar-refractivity contribution in [1.82, 2.24) is 5.32 Å². The standard InChI is InChI=1S/C11H14FNO3S/c12-9-1-3-10(4-2-9)17(15,16)8-11(14)5-6-13-7-11/h1-4,13-14H,5-8H2. The summed E-state index contributed by atoms with van der Waals surface area (Å²) in [5.41, 5.74) is -1.22. The van der Waals surface area contributed by atoms with Gasteiger partial charge in [0, 0.05) is 6.54 Å². The minimum absolute atomic E-state index is 0.0409. The SMILES string of the molecule is O=S(=O)(CC1(O)CCNC1)c1ccc(F)cc1. The average molecular weight is 259 g/mol. The van der Waals surface area contributed by atoms with Gasteiger partial charge in [0.25, 0.3) is 0 Å². The van der Waals surface area contributed by atoms with Crippen LogP contribution in [0.15, 0.2) is 29.2 Å². The Bertz CT molecular complexity index is 492. The summed E-state index contributed by atoms with van der Waals surface area (Å²) in [5, 5.41) is 12.9. The molecule has 1 aliphatic heterocycles. The van der Waals surface area contributed by atoms with Gasteiger partial charge < -0.3 is 10.4 Å². The Labute approximate surface area is 99.4 Å². The lowest BCUT2D eigenvalue weighted by molar-refractivity contribution is 0.0852. The predicted molar refractivity (Wildman–Crippen MR) is 60.9 cm³/mol. The molecule has 0 bridgehead atoms. The Morgan fingerprint density at radius 2 is 2.00 bits per heavy atom. The highest BCUT2D eigenvalue weighted by Crippen LogP contribution is 2.21. The van der Waals surface area contributed by atoms with Crippen molar-refractivity contribution < 1.29 is 17.9 Å². The van der Waals surface area contributed by atoms with E-state index in [1.165, 1.54) is 12.1 Å². The molecule has 1 saturated heterocycles. The largest absolute Gasteiger partial charge is 0.387 e. The number of hydrogen-bond acceptors (Lipinski definition) is 4. The zero-order valence-electron chi connectivity index (χ0n) is 9.19. The Morgan fingerprint density at radius 1 is 1.35 bits per heavy atom. The highest BCUT2D eigenvalue weighted by molar-refractivity contribution is 7.91. The second-order valence-corrected chi connectivity index (χ2v) is 6.35. The topological polar surface area (TPSA) is 66.4 Å². The Hall–Kier alpha value is -0.980. The number of sulfone groups is 1. The fourth-order valence-electron chi connectivity index (χ4n) is 1.93. The second kappa shape index (κ2) is 4.36. The molecule has 2 rings (SSSR count). The fourth-order valence-corrected chi connectivity index (χ4v) is 3.60. The summed E-state index contributed by atoms with van der Waals surface area (Å²) >= 11 is 0. The van der Waals surface area contributed by atoms with Crippen LogP contribution in [0.1, 0.15) is 6.42 Å². The van der Waals surface area contributed by atoms with Crippen LogP contribution in [0.3, 0.4) is 0 Å². The number of rotatable bonds is 3. The molecule has 94 valence electrons. The lowest BCUT2D eigenvalue weighted by Gasteiger charge is -2.20. The fraction of sp³-hybridized carbons (Fsp3) is 0.455. The molecule has 0 amide bonds. The van der Waals surface area contributed by atoms with E-state index in [4.69, 9.17) is 0 Å². The molecule has 2 N–H and O–H groups in total. The van der Waals surface area contributed by atoms with Crippen molar-refractivity contribution in [3.63, 3.8) is 0 Å². The summed E-state index contributed by atoms with van der Waals surface area (Å²) in [4.78, 5) is 0.0409. The minimum atomic E-state index is -3.58. The summed E-state index contributed by atoms with van der Waals surface area (Å²) in [5.74, 6) is -0.816.